The van der Waals surface area contributed by atoms with Gasteiger partial charge < -0.3 is 5.73 Å². The molecule has 0 aliphatic carbocycles. The van der Waals surface area contributed by atoms with Crippen molar-refractivity contribution in [3.8, 4) is 5.69 Å². The number of halogens is 1. The van der Waals surface area contributed by atoms with Gasteiger partial charge in [-0.2, -0.15) is 5.10 Å². The molecule has 2 aromatic rings. The van der Waals surface area contributed by atoms with Crippen molar-refractivity contribution >= 4 is 15.9 Å². The molecular weight excluding hydrogens is 290 g/mol. The Bertz CT molecular complexity index is 573. The standard InChI is InChI=1S/C14H18BrN3/c1-4-13-9(2)17-18(10(13)3)14-7-12(15)6-5-11(14)8-16/h5-7H,4,8,16H2,1-3H3. The summed E-state index contributed by atoms with van der Waals surface area (Å²) in [4.78, 5) is 0. The molecule has 3 nitrogen and oxygen atoms in total. The summed E-state index contributed by atoms with van der Waals surface area (Å²) in [6, 6.07) is 6.13. The van der Waals surface area contributed by atoms with Crippen molar-refractivity contribution in [2.75, 3.05) is 0 Å². The average Bonchev–Trinajstić information content (AvgIpc) is 2.64. The summed E-state index contributed by atoms with van der Waals surface area (Å²) in [6.07, 6.45) is 1.00. The predicted molar refractivity (Wildman–Crippen MR) is 78.0 cm³/mol. The number of hydrogen-bond donors (Lipinski definition) is 1. The van der Waals surface area contributed by atoms with Crippen LogP contribution in [0.3, 0.4) is 0 Å². The number of nitrogens with two attached hydrogens (primary N) is 1. The third-order valence-electron chi connectivity index (χ3n) is 3.29. The first-order chi connectivity index (χ1) is 8.58. The zero-order valence-corrected chi connectivity index (χ0v) is 12.6. The Balaban J connectivity index is 2.65. The molecule has 1 aromatic carbocycles. The van der Waals surface area contributed by atoms with Crippen LogP contribution in [0.15, 0.2) is 22.7 Å². The second kappa shape index (κ2) is 5.24. The SMILES string of the molecule is CCc1c(C)nn(-c2cc(Br)ccc2CN)c1C. The molecule has 0 saturated carbocycles. The Morgan fingerprint density at radius 1 is 1.33 bits per heavy atom. The molecule has 0 radical (unpaired) electrons. The lowest BCUT2D eigenvalue weighted by Gasteiger charge is -2.10. The summed E-state index contributed by atoms with van der Waals surface area (Å²) in [5, 5.41) is 4.64. The summed E-state index contributed by atoms with van der Waals surface area (Å²) in [5.74, 6) is 0. The number of nitrogens with zero attached hydrogens (tertiary/aromatic N) is 2. The Morgan fingerprint density at radius 3 is 2.61 bits per heavy atom. The molecule has 0 aliphatic rings. The first-order valence-electron chi connectivity index (χ1n) is 6.12. The van der Waals surface area contributed by atoms with Crippen LogP contribution in [0.5, 0.6) is 0 Å². The Morgan fingerprint density at radius 2 is 2.06 bits per heavy atom. The summed E-state index contributed by atoms with van der Waals surface area (Å²) < 4.78 is 3.04. The van der Waals surface area contributed by atoms with Gasteiger partial charge in [-0.1, -0.05) is 28.9 Å². The van der Waals surface area contributed by atoms with E-state index in [2.05, 4.69) is 47.9 Å². The van der Waals surface area contributed by atoms with Crippen molar-refractivity contribution in [1.82, 2.24) is 9.78 Å². The molecular formula is C14H18BrN3. The van der Waals surface area contributed by atoms with Crippen molar-refractivity contribution in [2.24, 2.45) is 5.73 Å². The van der Waals surface area contributed by atoms with E-state index in [0.717, 1.165) is 27.8 Å². The minimum atomic E-state index is 0.516. The molecule has 0 aliphatic heterocycles. The van der Waals surface area contributed by atoms with Crippen molar-refractivity contribution in [3.05, 3.63) is 45.2 Å². The molecule has 1 heterocycles. The molecule has 0 spiro atoms. The average molecular weight is 308 g/mol. The van der Waals surface area contributed by atoms with Crippen LogP contribution < -0.4 is 5.73 Å². The van der Waals surface area contributed by atoms with Gasteiger partial charge in [0.2, 0.25) is 0 Å². The number of benzene rings is 1. The van der Waals surface area contributed by atoms with Crippen LogP contribution in [-0.4, -0.2) is 9.78 Å². The predicted octanol–water partition coefficient (Wildman–Crippen LogP) is 3.27. The highest BCUT2D eigenvalue weighted by Crippen LogP contribution is 2.24. The fourth-order valence-corrected chi connectivity index (χ4v) is 2.68. The third-order valence-corrected chi connectivity index (χ3v) is 3.78. The molecule has 18 heavy (non-hydrogen) atoms. The minimum absolute atomic E-state index is 0.516. The van der Waals surface area contributed by atoms with Gasteiger partial charge in [0.15, 0.2) is 0 Å². The third kappa shape index (κ3) is 2.22. The molecule has 2 rings (SSSR count). The Kier molecular flexibility index (Phi) is 3.88. The number of rotatable bonds is 3. The lowest BCUT2D eigenvalue weighted by molar-refractivity contribution is 0.816. The van der Waals surface area contributed by atoms with Crippen LogP contribution in [0, 0.1) is 13.8 Å². The summed E-state index contributed by atoms with van der Waals surface area (Å²) in [6.45, 7) is 6.84. The van der Waals surface area contributed by atoms with Gasteiger partial charge >= 0.3 is 0 Å². The van der Waals surface area contributed by atoms with Gasteiger partial charge in [0.25, 0.3) is 0 Å². The molecule has 0 saturated heterocycles. The van der Waals surface area contributed by atoms with Crippen LogP contribution in [0.25, 0.3) is 5.69 Å². The van der Waals surface area contributed by atoms with E-state index in [4.69, 9.17) is 5.73 Å². The van der Waals surface area contributed by atoms with Crippen LogP contribution >= 0.6 is 15.9 Å². The van der Waals surface area contributed by atoms with Crippen LogP contribution in [0.2, 0.25) is 0 Å². The molecule has 4 heteroatoms. The van der Waals surface area contributed by atoms with Crippen molar-refractivity contribution in [2.45, 2.75) is 33.7 Å². The topological polar surface area (TPSA) is 43.8 Å². The second-order valence-corrected chi connectivity index (χ2v) is 5.31. The van der Waals surface area contributed by atoms with Gasteiger partial charge in [-0.05, 0) is 43.5 Å². The quantitative estimate of drug-likeness (QED) is 0.945. The molecule has 0 amide bonds. The maximum atomic E-state index is 5.81. The fraction of sp³-hybridized carbons (Fsp3) is 0.357. The van der Waals surface area contributed by atoms with Crippen molar-refractivity contribution < 1.29 is 0 Å². The number of aryl methyl sites for hydroxylation is 1. The molecule has 0 fully saturated rings. The van der Waals surface area contributed by atoms with Gasteiger partial charge in [-0.15, -0.1) is 0 Å². The molecule has 1 aromatic heterocycles. The molecule has 96 valence electrons. The van der Waals surface area contributed by atoms with Gasteiger partial charge in [0.1, 0.15) is 0 Å². The first-order valence-corrected chi connectivity index (χ1v) is 6.91. The minimum Gasteiger partial charge on any atom is -0.326 e. The second-order valence-electron chi connectivity index (χ2n) is 4.39. The van der Waals surface area contributed by atoms with E-state index in [1.54, 1.807) is 0 Å². The normalized spacial score (nSPS) is 10.9. The van der Waals surface area contributed by atoms with Gasteiger partial charge in [0.05, 0.1) is 11.4 Å². The molecule has 0 atom stereocenters. The summed E-state index contributed by atoms with van der Waals surface area (Å²) >= 11 is 3.51. The first kappa shape index (κ1) is 13.3. The van der Waals surface area contributed by atoms with E-state index in [1.807, 2.05) is 16.8 Å². The maximum absolute atomic E-state index is 5.81. The molecule has 0 bridgehead atoms. The maximum Gasteiger partial charge on any atom is 0.0704 e. The molecule has 0 unspecified atom stereocenters. The van der Waals surface area contributed by atoms with E-state index in [9.17, 15) is 0 Å². The van der Waals surface area contributed by atoms with E-state index >= 15 is 0 Å². The smallest absolute Gasteiger partial charge is 0.0704 e. The van der Waals surface area contributed by atoms with Gasteiger partial charge in [-0.3, -0.25) is 0 Å². The van der Waals surface area contributed by atoms with Crippen LogP contribution in [0.1, 0.15) is 29.4 Å². The summed E-state index contributed by atoms with van der Waals surface area (Å²) in [7, 11) is 0. The van der Waals surface area contributed by atoms with Gasteiger partial charge in [0, 0.05) is 16.7 Å². The largest absolute Gasteiger partial charge is 0.326 e. The van der Waals surface area contributed by atoms with Crippen LogP contribution in [0.4, 0.5) is 0 Å². The van der Waals surface area contributed by atoms with Crippen molar-refractivity contribution in [1.29, 1.82) is 0 Å². The van der Waals surface area contributed by atoms with Gasteiger partial charge in [-0.25, -0.2) is 4.68 Å². The number of hydrogen-bond acceptors (Lipinski definition) is 2. The highest BCUT2D eigenvalue weighted by molar-refractivity contribution is 9.10. The summed E-state index contributed by atoms with van der Waals surface area (Å²) in [5.41, 5.74) is 11.6. The van der Waals surface area contributed by atoms with Crippen molar-refractivity contribution in [3.63, 3.8) is 0 Å². The van der Waals surface area contributed by atoms with E-state index in [0.29, 0.717) is 6.54 Å². The van der Waals surface area contributed by atoms with Crippen LogP contribution in [-0.2, 0) is 13.0 Å². The Hall–Kier alpha value is -1.13. The fourth-order valence-electron chi connectivity index (χ4n) is 2.33. The lowest BCUT2D eigenvalue weighted by Crippen LogP contribution is -2.07. The Labute approximate surface area is 116 Å². The molecule has 2 N–H and O–H groups in total. The van der Waals surface area contributed by atoms with E-state index in [-0.39, 0.29) is 0 Å². The highest BCUT2D eigenvalue weighted by atomic mass is 79.9. The zero-order valence-electron chi connectivity index (χ0n) is 11.0. The van der Waals surface area contributed by atoms with E-state index < -0.39 is 0 Å². The zero-order chi connectivity index (χ0) is 13.3. The van der Waals surface area contributed by atoms with E-state index in [1.165, 1.54) is 11.3 Å². The highest BCUT2D eigenvalue weighted by Gasteiger charge is 2.13. The lowest BCUT2D eigenvalue weighted by atomic mass is 10.1. The number of aromatic nitrogens is 2. The monoisotopic (exact) mass is 307 g/mol.